The second-order valence-corrected chi connectivity index (χ2v) is 6.06. The molecule has 158 valence electrons. The molecule has 0 heterocycles. The summed E-state index contributed by atoms with van der Waals surface area (Å²) in [7, 11) is 1.38. The number of carbonyl (C=O) groups excluding carboxylic acids is 1. The summed E-state index contributed by atoms with van der Waals surface area (Å²) in [6.45, 7) is 2.46. The van der Waals surface area contributed by atoms with Gasteiger partial charge in [-0.05, 0) is 37.5 Å². The van der Waals surface area contributed by atoms with Gasteiger partial charge in [0.15, 0.2) is 12.6 Å². The zero-order valence-corrected chi connectivity index (χ0v) is 16.3. The molecule has 0 saturated heterocycles. The third-order valence-corrected chi connectivity index (χ3v) is 3.67. The Morgan fingerprint density at radius 3 is 2.43 bits per heavy atom. The standard InChI is InChI=1S/C19H28F3N3O3/c1-3-23-18(24-12-6-4-5-7-17(26)27-2)25-13-15-8-10-16(11-9-15)28-14-19(20,21)22/h8-11H,3-7,12-14H2,1-2H3,(H2,23,24,25). The molecule has 1 aromatic carbocycles. The van der Waals surface area contributed by atoms with Gasteiger partial charge in [-0.2, -0.15) is 13.2 Å². The van der Waals surface area contributed by atoms with Gasteiger partial charge in [-0.25, -0.2) is 4.99 Å². The zero-order valence-electron chi connectivity index (χ0n) is 16.3. The SMILES string of the molecule is CCNC(=NCc1ccc(OCC(F)(F)F)cc1)NCCCCCC(=O)OC. The molecule has 0 aliphatic rings. The Morgan fingerprint density at radius 1 is 1.11 bits per heavy atom. The van der Waals surface area contributed by atoms with Crippen LogP contribution in [0.3, 0.4) is 0 Å². The molecule has 0 unspecified atom stereocenters. The van der Waals surface area contributed by atoms with E-state index in [-0.39, 0.29) is 11.7 Å². The van der Waals surface area contributed by atoms with E-state index in [0.717, 1.165) is 31.4 Å². The molecule has 1 rings (SSSR count). The third-order valence-electron chi connectivity index (χ3n) is 3.67. The van der Waals surface area contributed by atoms with Crippen LogP contribution in [0.1, 0.15) is 38.2 Å². The molecule has 1 aromatic rings. The highest BCUT2D eigenvalue weighted by atomic mass is 19.4. The summed E-state index contributed by atoms with van der Waals surface area (Å²) >= 11 is 0. The number of hydrogen-bond acceptors (Lipinski definition) is 4. The van der Waals surface area contributed by atoms with E-state index < -0.39 is 12.8 Å². The van der Waals surface area contributed by atoms with Gasteiger partial charge in [0.05, 0.1) is 13.7 Å². The Morgan fingerprint density at radius 2 is 1.82 bits per heavy atom. The fourth-order valence-corrected chi connectivity index (χ4v) is 2.25. The van der Waals surface area contributed by atoms with Crippen LogP contribution in [-0.2, 0) is 16.1 Å². The van der Waals surface area contributed by atoms with Crippen molar-refractivity contribution < 1.29 is 27.4 Å². The van der Waals surface area contributed by atoms with Crippen molar-refractivity contribution in [2.75, 3.05) is 26.8 Å². The summed E-state index contributed by atoms with van der Waals surface area (Å²) in [5.41, 5.74) is 0.856. The van der Waals surface area contributed by atoms with Crippen molar-refractivity contribution in [3.05, 3.63) is 29.8 Å². The first-order valence-corrected chi connectivity index (χ1v) is 9.21. The van der Waals surface area contributed by atoms with Gasteiger partial charge in [0.25, 0.3) is 0 Å². The number of methoxy groups -OCH3 is 1. The highest BCUT2D eigenvalue weighted by molar-refractivity contribution is 5.79. The van der Waals surface area contributed by atoms with Gasteiger partial charge in [0.2, 0.25) is 0 Å². The van der Waals surface area contributed by atoms with Gasteiger partial charge in [-0.3, -0.25) is 4.79 Å². The molecule has 28 heavy (non-hydrogen) atoms. The zero-order chi connectivity index (χ0) is 20.8. The quantitative estimate of drug-likeness (QED) is 0.256. The normalized spacial score (nSPS) is 11.8. The van der Waals surface area contributed by atoms with Crippen molar-refractivity contribution in [2.45, 2.75) is 45.3 Å². The average Bonchev–Trinajstić information content (AvgIpc) is 2.67. The van der Waals surface area contributed by atoms with Crippen LogP contribution in [0, 0.1) is 0 Å². The molecular weight excluding hydrogens is 375 g/mol. The van der Waals surface area contributed by atoms with Crippen molar-refractivity contribution in [2.24, 2.45) is 4.99 Å². The highest BCUT2D eigenvalue weighted by Crippen LogP contribution is 2.19. The summed E-state index contributed by atoms with van der Waals surface area (Å²) in [6, 6.07) is 6.37. The van der Waals surface area contributed by atoms with Gasteiger partial charge < -0.3 is 20.1 Å². The number of benzene rings is 1. The lowest BCUT2D eigenvalue weighted by Crippen LogP contribution is -2.37. The third kappa shape index (κ3) is 11.3. The minimum atomic E-state index is -4.35. The fraction of sp³-hybridized carbons (Fsp3) is 0.579. The van der Waals surface area contributed by atoms with Gasteiger partial charge in [0.1, 0.15) is 5.75 Å². The largest absolute Gasteiger partial charge is 0.484 e. The van der Waals surface area contributed by atoms with Crippen LogP contribution in [0.4, 0.5) is 13.2 Å². The second-order valence-electron chi connectivity index (χ2n) is 6.06. The number of hydrogen-bond donors (Lipinski definition) is 2. The predicted octanol–water partition coefficient (Wildman–Crippen LogP) is 3.42. The molecule has 0 amide bonds. The second kappa shape index (κ2) is 12.9. The van der Waals surface area contributed by atoms with Crippen molar-refractivity contribution >= 4 is 11.9 Å². The maximum atomic E-state index is 12.1. The molecule has 0 saturated carbocycles. The first-order valence-electron chi connectivity index (χ1n) is 9.21. The Labute approximate surface area is 163 Å². The van der Waals surface area contributed by atoms with E-state index in [1.54, 1.807) is 12.1 Å². The number of nitrogens with zero attached hydrogens (tertiary/aromatic N) is 1. The number of guanidine groups is 1. The predicted molar refractivity (Wildman–Crippen MR) is 101 cm³/mol. The van der Waals surface area contributed by atoms with Crippen LogP contribution in [0.2, 0.25) is 0 Å². The lowest BCUT2D eigenvalue weighted by atomic mass is 10.2. The molecule has 0 radical (unpaired) electrons. The number of esters is 1. The Bertz CT molecular complexity index is 605. The number of ether oxygens (including phenoxy) is 2. The van der Waals surface area contributed by atoms with E-state index in [4.69, 9.17) is 0 Å². The highest BCUT2D eigenvalue weighted by Gasteiger charge is 2.28. The maximum Gasteiger partial charge on any atom is 0.422 e. The number of rotatable bonds is 11. The molecule has 0 aromatic heterocycles. The summed E-state index contributed by atoms with van der Waals surface area (Å²) in [5, 5.41) is 6.35. The fourth-order valence-electron chi connectivity index (χ4n) is 2.25. The topological polar surface area (TPSA) is 72.0 Å². The molecule has 0 aliphatic heterocycles. The number of halogens is 3. The van der Waals surface area contributed by atoms with E-state index in [1.165, 1.54) is 19.2 Å². The van der Waals surface area contributed by atoms with Crippen LogP contribution in [-0.4, -0.2) is 44.9 Å². The van der Waals surface area contributed by atoms with Crippen molar-refractivity contribution in [1.82, 2.24) is 10.6 Å². The van der Waals surface area contributed by atoms with Crippen molar-refractivity contribution in [3.63, 3.8) is 0 Å². The maximum absolute atomic E-state index is 12.1. The van der Waals surface area contributed by atoms with E-state index in [0.29, 0.717) is 25.5 Å². The van der Waals surface area contributed by atoms with E-state index in [2.05, 4.69) is 25.1 Å². The summed E-state index contributed by atoms with van der Waals surface area (Å²) in [4.78, 5) is 15.5. The van der Waals surface area contributed by atoms with Gasteiger partial charge in [-0.15, -0.1) is 0 Å². The summed E-state index contributed by atoms with van der Waals surface area (Å²) in [5.74, 6) is 0.632. The van der Waals surface area contributed by atoms with E-state index in [1.807, 2.05) is 6.92 Å². The molecule has 0 fully saturated rings. The lowest BCUT2D eigenvalue weighted by Gasteiger charge is -2.11. The molecule has 0 atom stereocenters. The minimum absolute atomic E-state index is 0.169. The number of alkyl halides is 3. The first-order chi connectivity index (χ1) is 13.3. The van der Waals surface area contributed by atoms with Crippen LogP contribution in [0.15, 0.2) is 29.3 Å². The van der Waals surface area contributed by atoms with E-state index >= 15 is 0 Å². The number of aliphatic imine (C=N–C) groups is 1. The average molecular weight is 403 g/mol. The minimum Gasteiger partial charge on any atom is -0.484 e. The van der Waals surface area contributed by atoms with Crippen molar-refractivity contribution in [3.8, 4) is 5.75 Å². The Balaban J connectivity index is 2.39. The molecular formula is C19H28F3N3O3. The Hall–Kier alpha value is -2.45. The molecule has 2 N–H and O–H groups in total. The number of nitrogens with one attached hydrogen (secondary N) is 2. The number of unbranched alkanes of at least 4 members (excludes halogenated alkanes) is 2. The number of carbonyl (C=O) groups is 1. The first kappa shape index (κ1) is 23.6. The molecule has 9 heteroatoms. The van der Waals surface area contributed by atoms with Crippen LogP contribution in [0.25, 0.3) is 0 Å². The van der Waals surface area contributed by atoms with Gasteiger partial charge in [0, 0.05) is 19.5 Å². The van der Waals surface area contributed by atoms with Gasteiger partial charge >= 0.3 is 12.1 Å². The van der Waals surface area contributed by atoms with Gasteiger partial charge in [-0.1, -0.05) is 18.6 Å². The Kier molecular flexibility index (Phi) is 10.8. The van der Waals surface area contributed by atoms with E-state index in [9.17, 15) is 18.0 Å². The molecule has 0 aliphatic carbocycles. The van der Waals surface area contributed by atoms with Crippen LogP contribution < -0.4 is 15.4 Å². The molecule has 0 spiro atoms. The van der Waals surface area contributed by atoms with Crippen LogP contribution in [0.5, 0.6) is 5.75 Å². The smallest absolute Gasteiger partial charge is 0.422 e. The lowest BCUT2D eigenvalue weighted by molar-refractivity contribution is -0.153. The van der Waals surface area contributed by atoms with Crippen molar-refractivity contribution in [1.29, 1.82) is 0 Å². The van der Waals surface area contributed by atoms with Crippen LogP contribution >= 0.6 is 0 Å². The summed E-state index contributed by atoms with van der Waals surface area (Å²) < 4.78 is 45.7. The summed E-state index contributed by atoms with van der Waals surface area (Å²) in [6.07, 6.45) is -1.35. The monoisotopic (exact) mass is 403 g/mol. The molecule has 6 nitrogen and oxygen atoms in total. The molecule has 0 bridgehead atoms.